The first-order valence-electron chi connectivity index (χ1n) is 7.98. The normalized spacial score (nSPS) is 12.9. The molecule has 0 aliphatic rings. The summed E-state index contributed by atoms with van der Waals surface area (Å²) in [6, 6.07) is 3.75. The molecule has 1 amide bonds. The van der Waals surface area contributed by atoms with E-state index in [-0.39, 0.29) is 26.9 Å². The summed E-state index contributed by atoms with van der Waals surface area (Å²) in [7, 11) is 0. The Balaban J connectivity index is 3.32. The Morgan fingerprint density at radius 2 is 1.77 bits per heavy atom. The molecule has 26 heavy (non-hydrogen) atoms. The van der Waals surface area contributed by atoms with Crippen LogP contribution >= 0.6 is 23.2 Å². The molecule has 0 aromatic heterocycles. The monoisotopic (exact) mass is 399 g/mol. The Hall–Kier alpha value is -1.98. The first-order chi connectivity index (χ1) is 12.1. The Labute approximate surface area is 162 Å². The van der Waals surface area contributed by atoms with E-state index < -0.39 is 23.3 Å². The molecular weight excluding hydrogens is 380 g/mol. The first kappa shape index (κ1) is 22.1. The predicted molar refractivity (Wildman–Crippen MR) is 102 cm³/mol. The van der Waals surface area contributed by atoms with Crippen molar-refractivity contribution < 1.29 is 18.8 Å². The second-order valence-electron chi connectivity index (χ2n) is 5.73. The second kappa shape index (κ2) is 9.64. The molecule has 0 saturated heterocycles. The van der Waals surface area contributed by atoms with Crippen LogP contribution in [0.5, 0.6) is 0 Å². The number of Topliss-reactive ketones (excluding diaryl/α,β-unsaturated/α-hetero) is 2. The molecule has 0 fully saturated rings. The average molecular weight is 400 g/mol. The molecule has 0 atom stereocenters. The van der Waals surface area contributed by atoms with Gasteiger partial charge in [0.2, 0.25) is 5.78 Å². The van der Waals surface area contributed by atoms with E-state index in [1.165, 1.54) is 26.0 Å². The number of rotatable bonds is 7. The number of hydrogen-bond donors (Lipinski definition) is 1. The van der Waals surface area contributed by atoms with E-state index in [2.05, 4.69) is 5.32 Å². The van der Waals surface area contributed by atoms with Crippen molar-refractivity contribution in [3.8, 4) is 0 Å². The molecule has 0 unspecified atom stereocenters. The van der Waals surface area contributed by atoms with Gasteiger partial charge in [-0.15, -0.1) is 0 Å². The zero-order valence-electron chi connectivity index (χ0n) is 15.0. The Morgan fingerprint density at radius 3 is 2.23 bits per heavy atom. The van der Waals surface area contributed by atoms with Crippen LogP contribution in [0.2, 0.25) is 5.02 Å². The minimum absolute atomic E-state index is 0.0881. The largest absolute Gasteiger partial charge is 0.322 e. The number of carbonyl (C=O) groups excluding carboxylic acids is 3. The molecule has 4 nitrogen and oxygen atoms in total. The fourth-order valence-corrected chi connectivity index (χ4v) is 2.85. The maximum atomic E-state index is 13.3. The quantitative estimate of drug-likeness (QED) is 0.389. The van der Waals surface area contributed by atoms with Crippen LogP contribution in [0.15, 0.2) is 40.0 Å². The molecule has 1 rings (SSSR count). The van der Waals surface area contributed by atoms with Crippen molar-refractivity contribution in [2.24, 2.45) is 0 Å². The minimum Gasteiger partial charge on any atom is -0.322 e. The van der Waals surface area contributed by atoms with Crippen molar-refractivity contribution in [2.45, 2.75) is 40.5 Å². The molecule has 0 bridgehead atoms. The Morgan fingerprint density at radius 1 is 1.15 bits per heavy atom. The standard InChI is InChI=1S/C19H20Cl2FNO3/c1-5-6-14(18(25)12(4)24)10(2)17(11(3)20)19(26)23-13-7-8-16(22)15(21)9-13/h7-9H,5-6H2,1-4H3,(H,23,26)/b14-10+,17-11-. The highest BCUT2D eigenvalue weighted by Gasteiger charge is 2.23. The summed E-state index contributed by atoms with van der Waals surface area (Å²) >= 11 is 11.8. The van der Waals surface area contributed by atoms with Gasteiger partial charge in [-0.05, 0) is 44.0 Å². The van der Waals surface area contributed by atoms with E-state index in [1.54, 1.807) is 6.92 Å². The number of hydrogen-bond acceptors (Lipinski definition) is 3. The average Bonchev–Trinajstić information content (AvgIpc) is 2.54. The van der Waals surface area contributed by atoms with Crippen LogP contribution in [0.4, 0.5) is 10.1 Å². The maximum absolute atomic E-state index is 13.3. The smallest absolute Gasteiger partial charge is 0.257 e. The van der Waals surface area contributed by atoms with Gasteiger partial charge in [0, 0.05) is 23.2 Å². The molecule has 140 valence electrons. The molecule has 0 aliphatic heterocycles. The summed E-state index contributed by atoms with van der Waals surface area (Å²) in [6.07, 6.45) is 0.961. The van der Waals surface area contributed by atoms with Crippen LogP contribution < -0.4 is 5.32 Å². The molecule has 0 spiro atoms. The van der Waals surface area contributed by atoms with Crippen LogP contribution in [0.1, 0.15) is 40.5 Å². The summed E-state index contributed by atoms with van der Waals surface area (Å²) in [6.45, 7) is 6.13. The van der Waals surface area contributed by atoms with Gasteiger partial charge in [0.15, 0.2) is 5.78 Å². The highest BCUT2D eigenvalue weighted by molar-refractivity contribution is 6.43. The highest BCUT2D eigenvalue weighted by Crippen LogP contribution is 2.26. The predicted octanol–water partition coefficient (Wildman–Crippen LogP) is 5.21. The first-order valence-corrected chi connectivity index (χ1v) is 8.73. The second-order valence-corrected chi connectivity index (χ2v) is 6.70. The van der Waals surface area contributed by atoms with E-state index in [4.69, 9.17) is 23.2 Å². The van der Waals surface area contributed by atoms with E-state index in [0.29, 0.717) is 18.4 Å². The van der Waals surface area contributed by atoms with Gasteiger partial charge in [-0.1, -0.05) is 36.5 Å². The van der Waals surface area contributed by atoms with Gasteiger partial charge in [0.1, 0.15) is 5.82 Å². The minimum atomic E-state index is -0.641. The molecule has 0 heterocycles. The lowest BCUT2D eigenvalue weighted by atomic mass is 9.93. The van der Waals surface area contributed by atoms with E-state index in [9.17, 15) is 18.8 Å². The highest BCUT2D eigenvalue weighted by atomic mass is 35.5. The molecular formula is C19H20Cl2FNO3. The molecule has 0 saturated carbocycles. The third kappa shape index (κ3) is 5.51. The summed E-state index contributed by atoms with van der Waals surface area (Å²) in [5.74, 6) is -2.44. The van der Waals surface area contributed by atoms with Crippen LogP contribution in [-0.2, 0) is 14.4 Å². The molecule has 0 radical (unpaired) electrons. The van der Waals surface area contributed by atoms with Crippen LogP contribution in [0, 0.1) is 5.82 Å². The lowest BCUT2D eigenvalue weighted by Gasteiger charge is -2.15. The van der Waals surface area contributed by atoms with Crippen LogP contribution in [-0.4, -0.2) is 17.5 Å². The summed E-state index contributed by atoms with van der Waals surface area (Å²) in [5, 5.41) is 2.60. The lowest BCUT2D eigenvalue weighted by molar-refractivity contribution is -0.133. The summed E-state index contributed by atoms with van der Waals surface area (Å²) < 4.78 is 13.3. The SMILES string of the molecule is CCC/C(C(=O)C(C)=O)=C(C)\C(C(=O)Nc1ccc(F)c(Cl)c1)=C(/C)Cl. The van der Waals surface area contributed by atoms with Crippen LogP contribution in [0.25, 0.3) is 0 Å². The number of nitrogens with one attached hydrogen (secondary N) is 1. The van der Waals surface area contributed by atoms with Crippen molar-refractivity contribution in [3.63, 3.8) is 0 Å². The van der Waals surface area contributed by atoms with Gasteiger partial charge >= 0.3 is 0 Å². The summed E-state index contributed by atoms with van der Waals surface area (Å²) in [5.41, 5.74) is 0.956. The number of allylic oxidation sites excluding steroid dienone is 2. The van der Waals surface area contributed by atoms with E-state index >= 15 is 0 Å². The van der Waals surface area contributed by atoms with Crippen molar-refractivity contribution in [1.29, 1.82) is 0 Å². The van der Waals surface area contributed by atoms with Gasteiger partial charge in [0.25, 0.3) is 5.91 Å². The van der Waals surface area contributed by atoms with Gasteiger partial charge in [-0.25, -0.2) is 4.39 Å². The number of benzene rings is 1. The van der Waals surface area contributed by atoms with Gasteiger partial charge in [-0.3, -0.25) is 14.4 Å². The topological polar surface area (TPSA) is 63.2 Å². The van der Waals surface area contributed by atoms with E-state index in [1.807, 2.05) is 6.92 Å². The number of anilines is 1. The van der Waals surface area contributed by atoms with Gasteiger partial charge < -0.3 is 5.32 Å². The Bertz CT molecular complexity index is 809. The lowest BCUT2D eigenvalue weighted by Crippen LogP contribution is -2.20. The van der Waals surface area contributed by atoms with Gasteiger partial charge in [-0.2, -0.15) is 0 Å². The third-order valence-corrected chi connectivity index (χ3v) is 4.15. The van der Waals surface area contributed by atoms with E-state index in [0.717, 1.165) is 6.07 Å². The molecule has 1 N–H and O–H groups in total. The van der Waals surface area contributed by atoms with Crippen molar-refractivity contribution in [3.05, 3.63) is 50.8 Å². The number of carbonyl (C=O) groups is 3. The number of ketones is 2. The molecule has 1 aromatic rings. The van der Waals surface area contributed by atoms with Crippen molar-refractivity contribution in [1.82, 2.24) is 0 Å². The fourth-order valence-electron chi connectivity index (χ4n) is 2.44. The van der Waals surface area contributed by atoms with Crippen LogP contribution in [0.3, 0.4) is 0 Å². The fraction of sp³-hybridized carbons (Fsp3) is 0.316. The summed E-state index contributed by atoms with van der Waals surface area (Å²) in [4.78, 5) is 36.4. The third-order valence-electron chi connectivity index (χ3n) is 3.67. The molecule has 1 aromatic carbocycles. The Kier molecular flexibility index (Phi) is 8.18. The number of halogens is 3. The van der Waals surface area contributed by atoms with Crippen molar-refractivity contribution >= 4 is 46.4 Å². The molecule has 0 aliphatic carbocycles. The molecule has 7 heteroatoms. The zero-order chi connectivity index (χ0) is 20.0. The maximum Gasteiger partial charge on any atom is 0.257 e. The number of amides is 1. The van der Waals surface area contributed by atoms with Gasteiger partial charge in [0.05, 0.1) is 10.6 Å². The van der Waals surface area contributed by atoms with Crippen molar-refractivity contribution in [2.75, 3.05) is 5.32 Å². The zero-order valence-corrected chi connectivity index (χ0v) is 16.5.